The minimum absolute atomic E-state index is 0.124. The van der Waals surface area contributed by atoms with Gasteiger partial charge in [0.25, 0.3) is 0 Å². The summed E-state index contributed by atoms with van der Waals surface area (Å²) in [4.78, 5) is 0. The maximum atomic E-state index is 14.9. The van der Waals surface area contributed by atoms with E-state index in [0.717, 1.165) is 17.1 Å². The second kappa shape index (κ2) is 5.81. The molecule has 0 bridgehead atoms. The number of hydrogen-bond donors (Lipinski definition) is 0. The lowest BCUT2D eigenvalue weighted by Crippen LogP contribution is -2.09. The van der Waals surface area contributed by atoms with Gasteiger partial charge in [0.05, 0.1) is 11.0 Å². The van der Waals surface area contributed by atoms with Crippen molar-refractivity contribution in [1.29, 1.82) is 0 Å². The van der Waals surface area contributed by atoms with E-state index in [4.69, 9.17) is 0 Å². The van der Waals surface area contributed by atoms with Crippen LogP contribution in [0.2, 0.25) is 0 Å². The molecule has 138 valence electrons. The number of hydrogen-bond acceptors (Lipinski definition) is 0. The summed E-state index contributed by atoms with van der Waals surface area (Å²) in [5.74, 6) is -6.54. The smallest absolute Gasteiger partial charge is 0.186 e. The zero-order chi connectivity index (χ0) is 19.6. The molecular weight excluding hydrogens is 361 g/mol. The van der Waals surface area contributed by atoms with Crippen molar-refractivity contribution in [3.05, 3.63) is 76.1 Å². The number of halogens is 5. The number of aromatic nitrogens is 1. The highest BCUT2D eigenvalue weighted by Gasteiger charge is 2.27. The van der Waals surface area contributed by atoms with E-state index in [0.29, 0.717) is 10.9 Å². The first-order chi connectivity index (χ1) is 12.7. The van der Waals surface area contributed by atoms with Gasteiger partial charge in [-0.2, -0.15) is 0 Å². The monoisotopic (exact) mass is 375 g/mol. The van der Waals surface area contributed by atoms with E-state index in [1.165, 1.54) is 12.1 Å². The molecule has 4 rings (SSSR count). The zero-order valence-electron chi connectivity index (χ0n) is 14.7. The van der Waals surface area contributed by atoms with E-state index in [1.54, 1.807) is 32.0 Å². The van der Waals surface area contributed by atoms with Gasteiger partial charge < -0.3 is 4.57 Å². The number of rotatable bonds is 1. The SMILES string of the molecule is Cc1ccc2c(c1)c1c(F)c(C)ccc1n2-c1c(F)c(F)c(C)c(F)c1F. The van der Waals surface area contributed by atoms with Crippen LogP contribution in [-0.2, 0) is 0 Å². The van der Waals surface area contributed by atoms with Gasteiger partial charge in [-0.05, 0) is 44.5 Å². The Balaban J connectivity index is 2.30. The van der Waals surface area contributed by atoms with Gasteiger partial charge in [-0.25, -0.2) is 22.0 Å². The minimum atomic E-state index is -1.52. The van der Waals surface area contributed by atoms with Gasteiger partial charge in [0.1, 0.15) is 11.5 Å². The summed E-state index contributed by atoms with van der Waals surface area (Å²) in [6.07, 6.45) is 0. The molecule has 0 aliphatic heterocycles. The Kier molecular flexibility index (Phi) is 3.77. The minimum Gasteiger partial charge on any atom is -0.304 e. The molecule has 0 spiro atoms. The van der Waals surface area contributed by atoms with Gasteiger partial charge in [-0.3, -0.25) is 0 Å². The van der Waals surface area contributed by atoms with Gasteiger partial charge >= 0.3 is 0 Å². The Bertz CT molecular complexity index is 1220. The lowest BCUT2D eigenvalue weighted by atomic mass is 10.1. The first kappa shape index (κ1) is 17.5. The Labute approximate surface area is 151 Å². The molecule has 0 radical (unpaired) electrons. The van der Waals surface area contributed by atoms with Crippen molar-refractivity contribution >= 4 is 21.8 Å². The lowest BCUT2D eigenvalue weighted by molar-refractivity contribution is 0.441. The molecule has 3 aromatic carbocycles. The second-order valence-corrected chi connectivity index (χ2v) is 6.68. The summed E-state index contributed by atoms with van der Waals surface area (Å²) < 4.78 is 73.6. The van der Waals surface area contributed by atoms with Crippen LogP contribution >= 0.6 is 0 Å². The van der Waals surface area contributed by atoms with Gasteiger partial charge in [0.15, 0.2) is 23.3 Å². The number of aryl methyl sites for hydroxylation is 2. The van der Waals surface area contributed by atoms with Crippen molar-refractivity contribution < 1.29 is 22.0 Å². The predicted molar refractivity (Wildman–Crippen MR) is 94.8 cm³/mol. The van der Waals surface area contributed by atoms with Gasteiger partial charge in [0.2, 0.25) is 0 Å². The topological polar surface area (TPSA) is 4.93 Å². The molecule has 0 saturated carbocycles. The molecule has 0 fully saturated rings. The third-order valence-corrected chi connectivity index (χ3v) is 4.90. The third-order valence-electron chi connectivity index (χ3n) is 4.90. The molecular formula is C21H14F5N. The lowest BCUT2D eigenvalue weighted by Gasteiger charge is -2.13. The van der Waals surface area contributed by atoms with Crippen LogP contribution in [0.15, 0.2) is 30.3 Å². The highest BCUT2D eigenvalue weighted by molar-refractivity contribution is 6.10. The van der Waals surface area contributed by atoms with Crippen molar-refractivity contribution in [3.8, 4) is 5.69 Å². The molecule has 0 saturated heterocycles. The summed E-state index contributed by atoms with van der Waals surface area (Å²) in [6, 6.07) is 7.84. The van der Waals surface area contributed by atoms with E-state index in [2.05, 4.69) is 0 Å². The summed E-state index contributed by atoms with van der Waals surface area (Å²) in [6.45, 7) is 4.32. The normalized spacial score (nSPS) is 11.7. The maximum absolute atomic E-state index is 14.9. The van der Waals surface area contributed by atoms with Crippen LogP contribution in [0.25, 0.3) is 27.5 Å². The average Bonchev–Trinajstić information content (AvgIpc) is 2.96. The molecule has 0 atom stereocenters. The maximum Gasteiger partial charge on any atom is 0.186 e. The van der Waals surface area contributed by atoms with Crippen molar-refractivity contribution in [1.82, 2.24) is 4.57 Å². The first-order valence-corrected chi connectivity index (χ1v) is 8.26. The van der Waals surface area contributed by atoms with Crippen LogP contribution in [0.1, 0.15) is 16.7 Å². The largest absolute Gasteiger partial charge is 0.304 e. The Morgan fingerprint density at radius 2 is 1.26 bits per heavy atom. The number of nitrogens with zero attached hydrogens (tertiary/aromatic N) is 1. The summed E-state index contributed by atoms with van der Waals surface area (Å²) in [5.41, 5.74) is -0.107. The van der Waals surface area contributed by atoms with Gasteiger partial charge in [0, 0.05) is 16.3 Å². The highest BCUT2D eigenvalue weighted by Crippen LogP contribution is 2.38. The molecule has 0 aliphatic rings. The molecule has 27 heavy (non-hydrogen) atoms. The van der Waals surface area contributed by atoms with Crippen molar-refractivity contribution in [3.63, 3.8) is 0 Å². The van der Waals surface area contributed by atoms with Crippen LogP contribution in [0.4, 0.5) is 22.0 Å². The van der Waals surface area contributed by atoms with E-state index in [1.807, 2.05) is 0 Å². The third kappa shape index (κ3) is 2.29. The molecule has 0 N–H and O–H groups in total. The summed E-state index contributed by atoms with van der Waals surface area (Å²) in [5, 5.41) is 0.556. The zero-order valence-corrected chi connectivity index (χ0v) is 14.7. The quantitative estimate of drug-likeness (QED) is 0.268. The highest BCUT2D eigenvalue weighted by atomic mass is 19.2. The Morgan fingerprint density at radius 1 is 0.667 bits per heavy atom. The fourth-order valence-corrected chi connectivity index (χ4v) is 3.45. The standard InChI is InChI=1S/C21H14F5N/c1-9-4-6-13-12(8-9)15-14(7-5-10(2)16(15)22)27(13)21-19(25)17(23)11(3)18(24)20(21)26/h4-8H,1-3H3. The average molecular weight is 375 g/mol. The number of benzene rings is 3. The summed E-state index contributed by atoms with van der Waals surface area (Å²) in [7, 11) is 0. The van der Waals surface area contributed by atoms with Crippen LogP contribution in [0.3, 0.4) is 0 Å². The van der Waals surface area contributed by atoms with E-state index in [-0.39, 0.29) is 16.4 Å². The Morgan fingerprint density at radius 3 is 1.89 bits per heavy atom. The molecule has 4 aromatic rings. The Hall–Kier alpha value is -2.89. The molecule has 1 heterocycles. The molecule has 1 nitrogen and oxygen atoms in total. The fraction of sp³-hybridized carbons (Fsp3) is 0.143. The number of fused-ring (bicyclic) bond motifs is 3. The fourth-order valence-electron chi connectivity index (χ4n) is 3.45. The van der Waals surface area contributed by atoms with E-state index in [9.17, 15) is 22.0 Å². The van der Waals surface area contributed by atoms with Crippen molar-refractivity contribution in [2.75, 3.05) is 0 Å². The molecule has 0 amide bonds. The summed E-state index contributed by atoms with van der Waals surface area (Å²) >= 11 is 0. The molecule has 6 heteroatoms. The van der Waals surface area contributed by atoms with Crippen LogP contribution in [-0.4, -0.2) is 4.57 Å². The van der Waals surface area contributed by atoms with Crippen LogP contribution in [0, 0.1) is 49.9 Å². The second-order valence-electron chi connectivity index (χ2n) is 6.68. The predicted octanol–water partition coefficient (Wildman–Crippen LogP) is 6.40. The van der Waals surface area contributed by atoms with Crippen LogP contribution < -0.4 is 0 Å². The van der Waals surface area contributed by atoms with Crippen molar-refractivity contribution in [2.45, 2.75) is 20.8 Å². The van der Waals surface area contributed by atoms with Crippen molar-refractivity contribution in [2.24, 2.45) is 0 Å². The van der Waals surface area contributed by atoms with Gasteiger partial charge in [-0.15, -0.1) is 0 Å². The molecule has 1 aromatic heterocycles. The van der Waals surface area contributed by atoms with E-state index < -0.39 is 40.3 Å². The van der Waals surface area contributed by atoms with Gasteiger partial charge in [-0.1, -0.05) is 17.7 Å². The van der Waals surface area contributed by atoms with E-state index >= 15 is 0 Å². The van der Waals surface area contributed by atoms with Crippen LogP contribution in [0.5, 0.6) is 0 Å². The first-order valence-electron chi connectivity index (χ1n) is 8.26. The molecule has 0 aliphatic carbocycles. The molecule has 0 unspecified atom stereocenters.